The summed E-state index contributed by atoms with van der Waals surface area (Å²) in [6.07, 6.45) is -0.610. The van der Waals surface area contributed by atoms with Gasteiger partial charge in [0.25, 0.3) is 0 Å². The zero-order chi connectivity index (χ0) is 17.1. The van der Waals surface area contributed by atoms with Crippen molar-refractivity contribution in [3.05, 3.63) is 12.2 Å². The molecule has 1 fully saturated rings. The van der Waals surface area contributed by atoms with Gasteiger partial charge in [-0.1, -0.05) is 6.58 Å². The lowest BCUT2D eigenvalue weighted by molar-refractivity contribution is -0.118. The number of hydrogen-bond donors (Lipinski definition) is 1. The Kier molecular flexibility index (Phi) is 5.70. The predicted octanol–water partition coefficient (Wildman–Crippen LogP) is 3.85. The van der Waals surface area contributed by atoms with E-state index in [1.165, 1.54) is 6.92 Å². The molecule has 0 aromatic carbocycles. The second-order valence-electron chi connectivity index (χ2n) is 7.04. The first-order valence-corrected chi connectivity index (χ1v) is 7.47. The van der Waals surface area contributed by atoms with Gasteiger partial charge in [0.15, 0.2) is 5.78 Å². The maximum Gasteiger partial charge on any atom is 0.408 e. The molecule has 4 nitrogen and oxygen atoms in total. The number of nitrogens with one attached hydrogen (secondary N) is 1. The summed E-state index contributed by atoms with van der Waals surface area (Å²) in [5.41, 5.74) is -0.410. The van der Waals surface area contributed by atoms with Gasteiger partial charge < -0.3 is 10.1 Å². The Balaban J connectivity index is 2.71. The van der Waals surface area contributed by atoms with Gasteiger partial charge in [0, 0.05) is 12.8 Å². The minimum absolute atomic E-state index is 0.169. The lowest BCUT2D eigenvalue weighted by Gasteiger charge is -2.24. The highest BCUT2D eigenvalue weighted by Gasteiger charge is 2.41. The van der Waals surface area contributed by atoms with Crippen LogP contribution < -0.4 is 5.32 Å². The molecule has 0 saturated heterocycles. The molecule has 22 heavy (non-hydrogen) atoms. The van der Waals surface area contributed by atoms with Crippen molar-refractivity contribution in [1.29, 1.82) is 0 Å². The minimum atomic E-state index is -2.67. The highest BCUT2D eigenvalue weighted by molar-refractivity contribution is 5.99. The number of carbonyl (C=O) groups excluding carboxylic acids is 2. The van der Waals surface area contributed by atoms with Gasteiger partial charge in [0.1, 0.15) is 5.60 Å². The third-order valence-electron chi connectivity index (χ3n) is 3.50. The SMILES string of the molecule is C=C(C)C(=O)[C@H](CC1CCC(F)(F)C1)NC(=O)OC(C)(C)C. The molecular formula is C16H25F2NO3. The highest BCUT2D eigenvalue weighted by Crippen LogP contribution is 2.40. The molecule has 0 aromatic rings. The van der Waals surface area contributed by atoms with Crippen molar-refractivity contribution in [1.82, 2.24) is 5.32 Å². The van der Waals surface area contributed by atoms with Crippen molar-refractivity contribution >= 4 is 11.9 Å². The molecule has 1 saturated carbocycles. The molecule has 1 unspecified atom stereocenters. The first-order valence-electron chi connectivity index (χ1n) is 7.47. The summed E-state index contributed by atoms with van der Waals surface area (Å²) in [6.45, 7) is 10.2. The Labute approximate surface area is 130 Å². The van der Waals surface area contributed by atoms with Crippen LogP contribution in [0.2, 0.25) is 0 Å². The third kappa shape index (κ3) is 6.12. The van der Waals surface area contributed by atoms with Gasteiger partial charge in [-0.2, -0.15) is 0 Å². The Hall–Kier alpha value is -1.46. The van der Waals surface area contributed by atoms with E-state index in [1.807, 2.05) is 0 Å². The number of ether oxygens (including phenoxy) is 1. The van der Waals surface area contributed by atoms with E-state index in [0.29, 0.717) is 6.42 Å². The van der Waals surface area contributed by atoms with Gasteiger partial charge in [-0.25, -0.2) is 13.6 Å². The van der Waals surface area contributed by atoms with E-state index < -0.39 is 23.7 Å². The van der Waals surface area contributed by atoms with E-state index in [4.69, 9.17) is 4.74 Å². The minimum Gasteiger partial charge on any atom is -0.444 e. The number of alkyl halides is 2. The summed E-state index contributed by atoms with van der Waals surface area (Å²) in [5, 5.41) is 2.49. The zero-order valence-electron chi connectivity index (χ0n) is 13.7. The molecule has 1 N–H and O–H groups in total. The van der Waals surface area contributed by atoms with E-state index >= 15 is 0 Å². The number of Topliss-reactive ketones (excluding diaryl/α,β-unsaturated/α-hetero) is 1. The number of carbonyl (C=O) groups is 2. The summed E-state index contributed by atoms with van der Waals surface area (Å²) in [4.78, 5) is 24.0. The van der Waals surface area contributed by atoms with Crippen LogP contribution in [-0.2, 0) is 9.53 Å². The van der Waals surface area contributed by atoms with Crippen LogP contribution in [0.25, 0.3) is 0 Å². The summed E-state index contributed by atoms with van der Waals surface area (Å²) < 4.78 is 31.7. The fraction of sp³-hybridized carbons (Fsp3) is 0.750. The molecule has 1 rings (SSSR count). The fourth-order valence-corrected chi connectivity index (χ4v) is 2.56. The number of ketones is 1. The molecule has 6 heteroatoms. The number of hydrogen-bond acceptors (Lipinski definition) is 3. The van der Waals surface area contributed by atoms with Crippen LogP contribution in [0.5, 0.6) is 0 Å². The van der Waals surface area contributed by atoms with Crippen LogP contribution in [-0.4, -0.2) is 29.4 Å². The Bertz CT molecular complexity index is 455. The molecule has 0 bridgehead atoms. The number of halogens is 2. The van der Waals surface area contributed by atoms with Crippen LogP contribution in [0.4, 0.5) is 13.6 Å². The quantitative estimate of drug-likeness (QED) is 0.784. The second kappa shape index (κ2) is 6.75. The van der Waals surface area contributed by atoms with Crippen molar-refractivity contribution in [3.63, 3.8) is 0 Å². The normalized spacial score (nSPS) is 22.0. The van der Waals surface area contributed by atoms with Crippen molar-refractivity contribution < 1.29 is 23.1 Å². The number of amides is 1. The van der Waals surface area contributed by atoms with Gasteiger partial charge in [-0.15, -0.1) is 0 Å². The first kappa shape index (κ1) is 18.6. The van der Waals surface area contributed by atoms with E-state index in [2.05, 4.69) is 11.9 Å². The van der Waals surface area contributed by atoms with Crippen LogP contribution in [0.15, 0.2) is 12.2 Å². The first-order chi connectivity index (χ1) is 9.89. The molecule has 1 aliphatic carbocycles. The van der Waals surface area contributed by atoms with E-state index in [1.54, 1.807) is 20.8 Å². The molecular weight excluding hydrogens is 292 g/mol. The molecule has 0 radical (unpaired) electrons. The van der Waals surface area contributed by atoms with E-state index in [-0.39, 0.29) is 36.5 Å². The fourth-order valence-electron chi connectivity index (χ4n) is 2.56. The van der Waals surface area contributed by atoms with Gasteiger partial charge in [0.05, 0.1) is 6.04 Å². The number of rotatable bonds is 5. The molecule has 0 aliphatic heterocycles. The monoisotopic (exact) mass is 317 g/mol. The standard InChI is InChI=1S/C16H25F2NO3/c1-10(2)13(20)12(19-14(21)22-15(3,4)5)8-11-6-7-16(17,18)9-11/h11-12H,1,6-9H2,2-5H3,(H,19,21)/t11?,12-/m0/s1. The smallest absolute Gasteiger partial charge is 0.408 e. The van der Waals surface area contributed by atoms with Crippen LogP contribution in [0.3, 0.4) is 0 Å². The van der Waals surface area contributed by atoms with Gasteiger partial charge in [0.2, 0.25) is 5.92 Å². The van der Waals surface area contributed by atoms with Crippen molar-refractivity contribution in [2.45, 2.75) is 70.9 Å². The second-order valence-corrected chi connectivity index (χ2v) is 7.04. The maximum absolute atomic E-state index is 13.3. The van der Waals surface area contributed by atoms with Crippen LogP contribution in [0, 0.1) is 5.92 Å². The Morgan fingerprint density at radius 3 is 2.41 bits per heavy atom. The molecule has 1 aliphatic rings. The largest absolute Gasteiger partial charge is 0.444 e. The summed E-state index contributed by atoms with van der Waals surface area (Å²) in [6, 6.07) is -0.869. The van der Waals surface area contributed by atoms with Crippen LogP contribution >= 0.6 is 0 Å². The zero-order valence-corrected chi connectivity index (χ0v) is 13.7. The van der Waals surface area contributed by atoms with Crippen LogP contribution in [0.1, 0.15) is 53.4 Å². The highest BCUT2D eigenvalue weighted by atomic mass is 19.3. The van der Waals surface area contributed by atoms with E-state index in [0.717, 1.165) is 0 Å². The molecule has 126 valence electrons. The van der Waals surface area contributed by atoms with Crippen molar-refractivity contribution in [2.75, 3.05) is 0 Å². The van der Waals surface area contributed by atoms with Crippen molar-refractivity contribution in [3.8, 4) is 0 Å². The van der Waals surface area contributed by atoms with Gasteiger partial charge >= 0.3 is 6.09 Å². The van der Waals surface area contributed by atoms with Gasteiger partial charge in [-0.05, 0) is 52.0 Å². The van der Waals surface area contributed by atoms with Gasteiger partial charge in [-0.3, -0.25) is 4.79 Å². The van der Waals surface area contributed by atoms with Crippen molar-refractivity contribution in [2.24, 2.45) is 5.92 Å². The summed E-state index contributed by atoms with van der Waals surface area (Å²) >= 11 is 0. The summed E-state index contributed by atoms with van der Waals surface area (Å²) in [7, 11) is 0. The average Bonchev–Trinajstić information content (AvgIpc) is 2.64. The Morgan fingerprint density at radius 1 is 1.41 bits per heavy atom. The average molecular weight is 317 g/mol. The topological polar surface area (TPSA) is 55.4 Å². The summed E-state index contributed by atoms with van der Waals surface area (Å²) in [5.74, 6) is -3.31. The lowest BCUT2D eigenvalue weighted by Crippen LogP contribution is -2.44. The maximum atomic E-state index is 13.3. The number of alkyl carbamates (subject to hydrolysis) is 1. The molecule has 2 atom stereocenters. The molecule has 0 aromatic heterocycles. The lowest BCUT2D eigenvalue weighted by atomic mass is 9.93. The molecule has 0 heterocycles. The van der Waals surface area contributed by atoms with E-state index in [9.17, 15) is 18.4 Å². The Morgan fingerprint density at radius 2 is 2.00 bits per heavy atom. The molecule has 1 amide bonds. The third-order valence-corrected chi connectivity index (χ3v) is 3.50. The predicted molar refractivity (Wildman–Crippen MR) is 79.9 cm³/mol. The molecule has 0 spiro atoms.